The summed E-state index contributed by atoms with van der Waals surface area (Å²) in [5.74, 6) is -0.231. The van der Waals surface area contributed by atoms with Crippen LogP contribution in [0.15, 0.2) is 29.2 Å². The minimum atomic E-state index is -3.84. The molecule has 0 radical (unpaired) electrons. The number of hydrogen-bond acceptors (Lipinski definition) is 4. The van der Waals surface area contributed by atoms with Crippen LogP contribution in [0.25, 0.3) is 0 Å². The third-order valence-corrected chi connectivity index (χ3v) is 7.54. The first-order valence-electron chi connectivity index (χ1n) is 9.64. The molecule has 150 valence electrons. The Hall–Kier alpha value is -1.51. The number of nitrogens with zero attached hydrogens (tertiary/aromatic N) is 2. The number of carbonyl (C=O) groups excluding carboxylic acids is 1. The number of halogens is 1. The van der Waals surface area contributed by atoms with Crippen LogP contribution in [-0.2, 0) is 14.8 Å². The van der Waals surface area contributed by atoms with E-state index in [1.807, 2.05) is 4.90 Å². The van der Waals surface area contributed by atoms with Crippen LogP contribution in [0.4, 0.5) is 4.39 Å². The highest BCUT2D eigenvalue weighted by Gasteiger charge is 2.31. The highest BCUT2D eigenvalue weighted by molar-refractivity contribution is 7.89. The Morgan fingerprint density at radius 2 is 1.81 bits per heavy atom. The van der Waals surface area contributed by atoms with Crippen molar-refractivity contribution in [2.45, 2.75) is 43.5 Å². The van der Waals surface area contributed by atoms with Crippen LogP contribution in [-0.4, -0.2) is 62.3 Å². The van der Waals surface area contributed by atoms with E-state index in [4.69, 9.17) is 0 Å². The SMILES string of the molecule is C[C@@H]1CCCC[C@H]1NC(=O)CN1CCN(S(=O)(=O)c2ccccc2F)CC1. The number of sulfonamides is 1. The van der Waals surface area contributed by atoms with E-state index in [1.54, 1.807) is 0 Å². The van der Waals surface area contributed by atoms with Gasteiger partial charge < -0.3 is 5.32 Å². The molecule has 27 heavy (non-hydrogen) atoms. The van der Waals surface area contributed by atoms with Crippen LogP contribution in [0.2, 0.25) is 0 Å². The molecule has 0 aromatic heterocycles. The second-order valence-corrected chi connectivity index (χ2v) is 9.45. The van der Waals surface area contributed by atoms with E-state index in [9.17, 15) is 17.6 Å². The van der Waals surface area contributed by atoms with Crippen LogP contribution >= 0.6 is 0 Å². The number of hydrogen-bond donors (Lipinski definition) is 1. The summed E-state index contributed by atoms with van der Waals surface area (Å²) in [6.07, 6.45) is 4.56. The van der Waals surface area contributed by atoms with E-state index in [0.29, 0.717) is 19.0 Å². The van der Waals surface area contributed by atoms with Gasteiger partial charge in [0.2, 0.25) is 15.9 Å². The Bertz CT molecular complexity index is 763. The molecular formula is C19H28FN3O3S. The molecule has 3 rings (SSSR count). The standard InChI is InChI=1S/C19H28FN3O3S/c1-15-6-2-4-8-17(15)21-19(24)14-22-10-12-23(13-11-22)27(25,26)18-9-5-3-7-16(18)20/h3,5,7,9,15,17H,2,4,6,8,10-14H2,1H3,(H,21,24)/t15-,17-/m1/s1. The van der Waals surface area contributed by atoms with Gasteiger partial charge in [-0.15, -0.1) is 0 Å². The molecular weight excluding hydrogens is 369 g/mol. The van der Waals surface area contributed by atoms with Crippen LogP contribution in [0.3, 0.4) is 0 Å². The minimum absolute atomic E-state index is 0.000777. The van der Waals surface area contributed by atoms with Crippen molar-refractivity contribution in [3.05, 3.63) is 30.1 Å². The molecule has 1 heterocycles. The van der Waals surface area contributed by atoms with E-state index in [2.05, 4.69) is 12.2 Å². The largest absolute Gasteiger partial charge is 0.352 e. The summed E-state index contributed by atoms with van der Waals surface area (Å²) in [5, 5.41) is 3.13. The molecule has 2 aliphatic rings. The highest BCUT2D eigenvalue weighted by atomic mass is 32.2. The smallest absolute Gasteiger partial charge is 0.246 e. The second-order valence-electron chi connectivity index (χ2n) is 7.55. The summed E-state index contributed by atoms with van der Waals surface area (Å²) in [4.78, 5) is 14.0. The fourth-order valence-corrected chi connectivity index (χ4v) is 5.39. The van der Waals surface area contributed by atoms with Crippen molar-refractivity contribution in [3.8, 4) is 0 Å². The molecule has 0 spiro atoms. The van der Waals surface area contributed by atoms with Crippen LogP contribution < -0.4 is 5.32 Å². The lowest BCUT2D eigenvalue weighted by atomic mass is 9.86. The normalized spacial score (nSPS) is 25.3. The van der Waals surface area contributed by atoms with Crippen molar-refractivity contribution in [1.29, 1.82) is 0 Å². The summed E-state index contributed by atoms with van der Waals surface area (Å²) in [6.45, 7) is 3.88. The summed E-state index contributed by atoms with van der Waals surface area (Å²) in [7, 11) is -3.84. The third kappa shape index (κ3) is 4.86. The molecule has 0 unspecified atom stereocenters. The minimum Gasteiger partial charge on any atom is -0.352 e. The molecule has 2 fully saturated rings. The molecule has 1 aliphatic carbocycles. The zero-order chi connectivity index (χ0) is 19.4. The fraction of sp³-hybridized carbons (Fsp3) is 0.632. The topological polar surface area (TPSA) is 69.7 Å². The molecule has 1 saturated heterocycles. The molecule has 6 nitrogen and oxygen atoms in total. The van der Waals surface area contributed by atoms with Crippen molar-refractivity contribution in [2.24, 2.45) is 5.92 Å². The first-order valence-corrected chi connectivity index (χ1v) is 11.1. The van der Waals surface area contributed by atoms with Gasteiger partial charge in [0, 0.05) is 32.2 Å². The maximum absolute atomic E-state index is 13.9. The molecule has 1 aromatic carbocycles. The van der Waals surface area contributed by atoms with E-state index in [0.717, 1.165) is 25.3 Å². The van der Waals surface area contributed by atoms with Gasteiger partial charge in [0.1, 0.15) is 10.7 Å². The molecule has 8 heteroatoms. The third-order valence-electron chi connectivity index (χ3n) is 5.61. The van der Waals surface area contributed by atoms with Gasteiger partial charge in [0.05, 0.1) is 6.54 Å². The lowest BCUT2D eigenvalue weighted by Gasteiger charge is -2.34. The highest BCUT2D eigenvalue weighted by Crippen LogP contribution is 2.24. The first kappa shape index (κ1) is 20.2. The molecule has 2 atom stereocenters. The zero-order valence-corrected chi connectivity index (χ0v) is 16.5. The lowest BCUT2D eigenvalue weighted by Crippen LogP contribution is -2.52. The number of nitrogens with one attached hydrogen (secondary N) is 1. The maximum atomic E-state index is 13.9. The average Bonchev–Trinajstić information content (AvgIpc) is 2.64. The van der Waals surface area contributed by atoms with Gasteiger partial charge in [0.25, 0.3) is 0 Å². The summed E-state index contributed by atoms with van der Waals surface area (Å²) in [6, 6.07) is 5.67. The van der Waals surface area contributed by atoms with Gasteiger partial charge in [-0.25, -0.2) is 12.8 Å². The lowest BCUT2D eigenvalue weighted by molar-refractivity contribution is -0.123. The molecule has 0 bridgehead atoms. The van der Waals surface area contributed by atoms with Gasteiger partial charge >= 0.3 is 0 Å². The van der Waals surface area contributed by atoms with Gasteiger partial charge in [0.15, 0.2) is 0 Å². The number of piperazine rings is 1. The maximum Gasteiger partial charge on any atom is 0.246 e. The predicted octanol–water partition coefficient (Wildman–Crippen LogP) is 1.83. The Kier molecular flexibility index (Phi) is 6.49. The summed E-state index contributed by atoms with van der Waals surface area (Å²) >= 11 is 0. The summed E-state index contributed by atoms with van der Waals surface area (Å²) < 4.78 is 40.4. The average molecular weight is 398 g/mol. The number of amides is 1. The van der Waals surface area contributed by atoms with E-state index < -0.39 is 15.8 Å². The van der Waals surface area contributed by atoms with Crippen molar-refractivity contribution < 1.29 is 17.6 Å². The van der Waals surface area contributed by atoms with E-state index >= 15 is 0 Å². The van der Waals surface area contributed by atoms with Crippen LogP contribution in [0.5, 0.6) is 0 Å². The quantitative estimate of drug-likeness (QED) is 0.823. The molecule has 1 aliphatic heterocycles. The predicted molar refractivity (Wildman–Crippen MR) is 101 cm³/mol. The Labute approximate surface area is 160 Å². The first-order chi connectivity index (χ1) is 12.9. The van der Waals surface area contributed by atoms with Gasteiger partial charge in [-0.2, -0.15) is 4.31 Å². The Morgan fingerprint density at radius 1 is 1.15 bits per heavy atom. The van der Waals surface area contributed by atoms with E-state index in [1.165, 1.54) is 28.9 Å². The number of carbonyl (C=O) groups is 1. The number of benzene rings is 1. The Balaban J connectivity index is 1.51. The van der Waals surface area contributed by atoms with Crippen molar-refractivity contribution in [2.75, 3.05) is 32.7 Å². The Morgan fingerprint density at radius 3 is 2.48 bits per heavy atom. The van der Waals surface area contributed by atoms with E-state index in [-0.39, 0.29) is 36.5 Å². The molecule has 1 N–H and O–H groups in total. The van der Waals surface area contributed by atoms with Gasteiger partial charge in [-0.1, -0.05) is 31.9 Å². The van der Waals surface area contributed by atoms with Crippen LogP contribution in [0, 0.1) is 11.7 Å². The monoisotopic (exact) mass is 397 g/mol. The second kappa shape index (κ2) is 8.67. The van der Waals surface area contributed by atoms with Crippen LogP contribution in [0.1, 0.15) is 32.6 Å². The molecule has 1 amide bonds. The van der Waals surface area contributed by atoms with Gasteiger partial charge in [-0.05, 0) is 30.9 Å². The number of rotatable bonds is 5. The van der Waals surface area contributed by atoms with Crippen molar-refractivity contribution in [1.82, 2.24) is 14.5 Å². The fourth-order valence-electron chi connectivity index (χ4n) is 3.91. The van der Waals surface area contributed by atoms with Crippen molar-refractivity contribution >= 4 is 15.9 Å². The zero-order valence-electron chi connectivity index (χ0n) is 15.7. The molecule has 1 aromatic rings. The molecule has 1 saturated carbocycles. The van der Waals surface area contributed by atoms with Crippen molar-refractivity contribution in [3.63, 3.8) is 0 Å². The summed E-state index contributed by atoms with van der Waals surface area (Å²) in [5.41, 5.74) is 0. The van der Waals surface area contributed by atoms with Gasteiger partial charge in [-0.3, -0.25) is 9.69 Å².